The highest BCUT2D eigenvalue weighted by Crippen LogP contribution is 2.17. The first kappa shape index (κ1) is 13.5. The molecule has 17 heavy (non-hydrogen) atoms. The molecule has 0 radical (unpaired) electrons. The molecule has 1 rings (SSSR count). The highest BCUT2D eigenvalue weighted by Gasteiger charge is 2.29. The number of rotatable bonds is 3. The van der Waals surface area contributed by atoms with Gasteiger partial charge in [-0.25, -0.2) is 4.79 Å². The summed E-state index contributed by atoms with van der Waals surface area (Å²) in [4.78, 5) is 26.1. The number of hydrogen-bond acceptors (Lipinski definition) is 2. The monoisotopic (exact) mass is 240 g/mol. The van der Waals surface area contributed by atoms with Crippen LogP contribution in [0, 0.1) is 5.92 Å². The quantitative estimate of drug-likeness (QED) is 0.759. The summed E-state index contributed by atoms with van der Waals surface area (Å²) in [6.45, 7) is 7.08. The lowest BCUT2D eigenvalue weighted by atomic mass is 9.99. The number of aliphatic carboxylic acids is 1. The molecule has 1 saturated heterocycles. The van der Waals surface area contributed by atoms with Crippen molar-refractivity contribution in [1.82, 2.24) is 9.80 Å². The standard InChI is InChI=1S/C12H20N2O3/c1-9(2)7-13(3)12(17)14-6-4-5-10(8-14)11(15)16/h10H,1,4-8H2,2-3H3,(H,15,16)/t10-/m0/s1. The van der Waals surface area contributed by atoms with Crippen LogP contribution in [-0.2, 0) is 4.79 Å². The molecule has 0 saturated carbocycles. The second kappa shape index (κ2) is 5.70. The summed E-state index contributed by atoms with van der Waals surface area (Å²) in [7, 11) is 1.71. The number of amides is 2. The van der Waals surface area contributed by atoms with E-state index >= 15 is 0 Å². The van der Waals surface area contributed by atoms with E-state index < -0.39 is 11.9 Å². The van der Waals surface area contributed by atoms with E-state index in [1.807, 2.05) is 6.92 Å². The molecule has 1 fully saturated rings. The van der Waals surface area contributed by atoms with Crippen molar-refractivity contribution in [2.24, 2.45) is 5.92 Å². The van der Waals surface area contributed by atoms with E-state index in [1.54, 1.807) is 16.8 Å². The summed E-state index contributed by atoms with van der Waals surface area (Å²) in [5, 5.41) is 8.96. The molecule has 0 bridgehead atoms. The van der Waals surface area contributed by atoms with Gasteiger partial charge in [0.1, 0.15) is 0 Å². The van der Waals surface area contributed by atoms with Gasteiger partial charge in [-0.1, -0.05) is 12.2 Å². The lowest BCUT2D eigenvalue weighted by Crippen LogP contribution is -2.47. The zero-order valence-electron chi connectivity index (χ0n) is 10.5. The lowest BCUT2D eigenvalue weighted by Gasteiger charge is -2.33. The van der Waals surface area contributed by atoms with Crippen molar-refractivity contribution in [3.8, 4) is 0 Å². The van der Waals surface area contributed by atoms with E-state index in [9.17, 15) is 9.59 Å². The Kier molecular flexibility index (Phi) is 4.54. The fraction of sp³-hybridized carbons (Fsp3) is 0.667. The summed E-state index contributed by atoms with van der Waals surface area (Å²) in [5.41, 5.74) is 0.910. The fourth-order valence-electron chi connectivity index (χ4n) is 2.07. The van der Waals surface area contributed by atoms with Gasteiger partial charge in [0.25, 0.3) is 0 Å². The average Bonchev–Trinajstić information content (AvgIpc) is 2.27. The van der Waals surface area contributed by atoms with Crippen LogP contribution in [0.4, 0.5) is 4.79 Å². The molecule has 1 aliphatic heterocycles. The van der Waals surface area contributed by atoms with Gasteiger partial charge in [-0.2, -0.15) is 0 Å². The third-order valence-electron chi connectivity index (χ3n) is 2.87. The van der Waals surface area contributed by atoms with Crippen LogP contribution in [-0.4, -0.2) is 53.6 Å². The van der Waals surface area contributed by atoms with E-state index in [0.29, 0.717) is 26.1 Å². The maximum Gasteiger partial charge on any atom is 0.320 e. The fourth-order valence-corrected chi connectivity index (χ4v) is 2.07. The van der Waals surface area contributed by atoms with Gasteiger partial charge in [0.2, 0.25) is 0 Å². The van der Waals surface area contributed by atoms with Crippen LogP contribution < -0.4 is 0 Å². The van der Waals surface area contributed by atoms with E-state index in [-0.39, 0.29) is 6.03 Å². The molecule has 0 aromatic rings. The van der Waals surface area contributed by atoms with Crippen LogP contribution >= 0.6 is 0 Å². The number of carbonyl (C=O) groups excluding carboxylic acids is 1. The zero-order valence-corrected chi connectivity index (χ0v) is 10.5. The Morgan fingerprint density at radius 1 is 1.53 bits per heavy atom. The molecule has 0 aromatic heterocycles. The molecule has 1 N–H and O–H groups in total. The zero-order chi connectivity index (χ0) is 13.0. The van der Waals surface area contributed by atoms with Crippen LogP contribution in [0.5, 0.6) is 0 Å². The molecular formula is C12H20N2O3. The number of carboxylic acids is 1. The minimum atomic E-state index is -0.815. The minimum Gasteiger partial charge on any atom is -0.481 e. The normalized spacial score (nSPS) is 19.9. The second-order valence-corrected chi connectivity index (χ2v) is 4.72. The smallest absolute Gasteiger partial charge is 0.320 e. The van der Waals surface area contributed by atoms with E-state index in [1.165, 1.54) is 0 Å². The molecule has 5 nitrogen and oxygen atoms in total. The van der Waals surface area contributed by atoms with Crippen LogP contribution in [0.3, 0.4) is 0 Å². The van der Waals surface area contributed by atoms with Gasteiger partial charge in [-0.05, 0) is 19.8 Å². The Morgan fingerprint density at radius 3 is 2.71 bits per heavy atom. The summed E-state index contributed by atoms with van der Waals surface area (Å²) < 4.78 is 0. The molecule has 1 atom stereocenters. The summed E-state index contributed by atoms with van der Waals surface area (Å²) in [5.74, 6) is -1.24. The molecule has 1 aliphatic rings. The topological polar surface area (TPSA) is 60.9 Å². The van der Waals surface area contributed by atoms with Crippen LogP contribution in [0.15, 0.2) is 12.2 Å². The Balaban J connectivity index is 2.57. The Morgan fingerprint density at radius 2 is 2.18 bits per heavy atom. The van der Waals surface area contributed by atoms with Crippen molar-refractivity contribution in [1.29, 1.82) is 0 Å². The van der Waals surface area contributed by atoms with E-state index in [0.717, 1.165) is 12.0 Å². The third kappa shape index (κ3) is 3.76. The molecule has 96 valence electrons. The predicted molar refractivity (Wildman–Crippen MR) is 64.8 cm³/mol. The highest BCUT2D eigenvalue weighted by atomic mass is 16.4. The molecular weight excluding hydrogens is 220 g/mol. The van der Waals surface area contributed by atoms with Crippen molar-refractivity contribution >= 4 is 12.0 Å². The van der Waals surface area contributed by atoms with Gasteiger partial charge < -0.3 is 14.9 Å². The van der Waals surface area contributed by atoms with Gasteiger partial charge in [0.05, 0.1) is 5.92 Å². The predicted octanol–water partition coefficient (Wildman–Crippen LogP) is 1.41. The molecule has 0 aliphatic carbocycles. The Bertz CT molecular complexity index is 328. The molecule has 1 heterocycles. The average molecular weight is 240 g/mol. The maximum absolute atomic E-state index is 12.0. The van der Waals surface area contributed by atoms with Gasteiger partial charge in [0, 0.05) is 26.7 Å². The first-order valence-corrected chi connectivity index (χ1v) is 5.79. The van der Waals surface area contributed by atoms with Crippen LogP contribution in [0.2, 0.25) is 0 Å². The SMILES string of the molecule is C=C(C)CN(C)C(=O)N1CCC[C@H](C(=O)O)C1. The highest BCUT2D eigenvalue weighted by molar-refractivity contribution is 5.76. The number of nitrogens with zero attached hydrogens (tertiary/aromatic N) is 2. The third-order valence-corrected chi connectivity index (χ3v) is 2.87. The summed E-state index contributed by atoms with van der Waals surface area (Å²) in [6.07, 6.45) is 1.41. The first-order chi connectivity index (χ1) is 7.91. The number of likely N-dealkylation sites (tertiary alicyclic amines) is 1. The summed E-state index contributed by atoms with van der Waals surface area (Å²) in [6, 6.07) is -0.112. The number of hydrogen-bond donors (Lipinski definition) is 1. The number of piperidine rings is 1. The molecule has 5 heteroatoms. The second-order valence-electron chi connectivity index (χ2n) is 4.72. The van der Waals surface area contributed by atoms with Gasteiger partial charge in [0.15, 0.2) is 0 Å². The largest absolute Gasteiger partial charge is 0.481 e. The van der Waals surface area contributed by atoms with Gasteiger partial charge >= 0.3 is 12.0 Å². The number of carboxylic acid groups (broad SMARTS) is 1. The molecule has 0 unspecified atom stereocenters. The van der Waals surface area contributed by atoms with Crippen LogP contribution in [0.25, 0.3) is 0 Å². The Hall–Kier alpha value is -1.52. The Labute approximate surface area is 102 Å². The van der Waals surface area contributed by atoms with Crippen molar-refractivity contribution in [3.63, 3.8) is 0 Å². The molecule has 0 aromatic carbocycles. The van der Waals surface area contributed by atoms with Crippen molar-refractivity contribution in [3.05, 3.63) is 12.2 Å². The lowest BCUT2D eigenvalue weighted by molar-refractivity contribution is -0.143. The molecule has 2 amide bonds. The van der Waals surface area contributed by atoms with E-state index in [2.05, 4.69) is 6.58 Å². The van der Waals surface area contributed by atoms with Crippen molar-refractivity contribution in [2.45, 2.75) is 19.8 Å². The van der Waals surface area contributed by atoms with Gasteiger partial charge in [-0.15, -0.1) is 0 Å². The van der Waals surface area contributed by atoms with E-state index in [4.69, 9.17) is 5.11 Å². The van der Waals surface area contributed by atoms with Gasteiger partial charge in [-0.3, -0.25) is 4.79 Å². The van der Waals surface area contributed by atoms with Crippen molar-refractivity contribution < 1.29 is 14.7 Å². The first-order valence-electron chi connectivity index (χ1n) is 5.79. The van der Waals surface area contributed by atoms with Crippen LogP contribution in [0.1, 0.15) is 19.8 Å². The van der Waals surface area contributed by atoms with Crippen molar-refractivity contribution in [2.75, 3.05) is 26.7 Å². The number of urea groups is 1. The number of carbonyl (C=O) groups is 2. The maximum atomic E-state index is 12.0. The minimum absolute atomic E-state index is 0.112. The number of likely N-dealkylation sites (N-methyl/N-ethyl adjacent to an activating group) is 1. The molecule has 0 spiro atoms. The summed E-state index contributed by atoms with van der Waals surface area (Å²) >= 11 is 0.